The number of hydrogen-bond acceptors (Lipinski definition) is 3. The second-order valence-electron chi connectivity index (χ2n) is 4.52. The topological polar surface area (TPSA) is 95.5 Å². The van der Waals surface area contributed by atoms with E-state index in [1.807, 2.05) is 0 Å². The summed E-state index contributed by atoms with van der Waals surface area (Å²) >= 11 is 0. The molecule has 7 heteroatoms. The molecule has 1 aromatic rings. The maximum atomic E-state index is 13.2. The summed E-state index contributed by atoms with van der Waals surface area (Å²) < 4.78 is 13.2. The summed E-state index contributed by atoms with van der Waals surface area (Å²) in [7, 11) is 0. The first-order chi connectivity index (χ1) is 9.47. The third-order valence-electron chi connectivity index (χ3n) is 3.11. The predicted octanol–water partition coefficient (Wildman–Crippen LogP) is 0.989. The Kier molecular flexibility index (Phi) is 3.97. The molecule has 1 heterocycles. The highest BCUT2D eigenvalue weighted by atomic mass is 19.1. The zero-order chi connectivity index (χ0) is 14.7. The van der Waals surface area contributed by atoms with Crippen molar-refractivity contribution in [3.63, 3.8) is 0 Å². The third kappa shape index (κ3) is 3.11. The summed E-state index contributed by atoms with van der Waals surface area (Å²) in [6.45, 7) is 0.197. The highest BCUT2D eigenvalue weighted by Gasteiger charge is 2.25. The summed E-state index contributed by atoms with van der Waals surface area (Å²) in [4.78, 5) is 34.0. The minimum atomic E-state index is -1.25. The third-order valence-corrected chi connectivity index (χ3v) is 3.11. The lowest BCUT2D eigenvalue weighted by molar-refractivity contribution is -0.126. The van der Waals surface area contributed by atoms with Crippen molar-refractivity contribution in [2.45, 2.75) is 12.8 Å². The number of hydrogen-bond donors (Lipinski definition) is 3. The SMILES string of the molecule is O=C1CCC(C(=O)Nc2cc(F)ccc2C(=O)O)CN1. The number of carbonyl (C=O) groups excluding carboxylic acids is 2. The monoisotopic (exact) mass is 280 g/mol. The van der Waals surface area contributed by atoms with E-state index in [-0.39, 0.29) is 30.1 Å². The summed E-state index contributed by atoms with van der Waals surface area (Å²) in [5.74, 6) is -2.89. The second kappa shape index (κ2) is 5.68. The molecule has 1 aliphatic rings. The van der Waals surface area contributed by atoms with Gasteiger partial charge in [0.15, 0.2) is 0 Å². The van der Waals surface area contributed by atoms with E-state index in [2.05, 4.69) is 10.6 Å². The molecule has 0 bridgehead atoms. The molecule has 2 amide bonds. The van der Waals surface area contributed by atoms with Gasteiger partial charge < -0.3 is 15.7 Å². The van der Waals surface area contributed by atoms with Crippen LogP contribution in [0.3, 0.4) is 0 Å². The number of benzene rings is 1. The van der Waals surface area contributed by atoms with Gasteiger partial charge in [0.05, 0.1) is 17.2 Å². The van der Waals surface area contributed by atoms with E-state index in [4.69, 9.17) is 5.11 Å². The van der Waals surface area contributed by atoms with Crippen molar-refractivity contribution in [2.24, 2.45) is 5.92 Å². The summed E-state index contributed by atoms with van der Waals surface area (Å²) in [5, 5.41) is 13.9. The van der Waals surface area contributed by atoms with E-state index in [0.717, 1.165) is 18.2 Å². The molecule has 0 radical (unpaired) electrons. The molecule has 1 fully saturated rings. The van der Waals surface area contributed by atoms with Crippen LogP contribution in [-0.2, 0) is 9.59 Å². The van der Waals surface area contributed by atoms with Gasteiger partial charge in [-0.1, -0.05) is 0 Å². The van der Waals surface area contributed by atoms with Crippen molar-refractivity contribution < 1.29 is 23.9 Å². The molecule has 3 N–H and O–H groups in total. The normalized spacial score (nSPS) is 18.2. The standard InChI is InChI=1S/C13H13FN2O4/c14-8-2-3-9(13(19)20)10(5-8)16-12(18)7-1-4-11(17)15-6-7/h2-3,5,7H,1,4,6H2,(H,15,17)(H,16,18)(H,19,20). The van der Waals surface area contributed by atoms with Gasteiger partial charge >= 0.3 is 5.97 Å². The van der Waals surface area contributed by atoms with Gasteiger partial charge in [-0.2, -0.15) is 0 Å². The second-order valence-corrected chi connectivity index (χ2v) is 4.52. The van der Waals surface area contributed by atoms with E-state index in [0.29, 0.717) is 6.42 Å². The van der Waals surface area contributed by atoms with Crippen LogP contribution < -0.4 is 10.6 Å². The van der Waals surface area contributed by atoms with Crippen molar-refractivity contribution >= 4 is 23.5 Å². The number of amides is 2. The van der Waals surface area contributed by atoms with Crippen molar-refractivity contribution in [1.29, 1.82) is 0 Å². The van der Waals surface area contributed by atoms with E-state index in [9.17, 15) is 18.8 Å². The first-order valence-electron chi connectivity index (χ1n) is 6.08. The van der Waals surface area contributed by atoms with Crippen LogP contribution in [0.15, 0.2) is 18.2 Å². The fourth-order valence-electron chi connectivity index (χ4n) is 2.00. The predicted molar refractivity (Wildman–Crippen MR) is 67.7 cm³/mol. The Balaban J connectivity index is 2.13. The molecule has 1 atom stereocenters. The molecule has 1 aromatic carbocycles. The molecule has 0 spiro atoms. The lowest BCUT2D eigenvalue weighted by atomic mass is 9.98. The van der Waals surface area contributed by atoms with Gasteiger partial charge in [-0.3, -0.25) is 9.59 Å². The van der Waals surface area contributed by atoms with Gasteiger partial charge in [0.2, 0.25) is 11.8 Å². The highest BCUT2D eigenvalue weighted by molar-refractivity contribution is 6.01. The van der Waals surface area contributed by atoms with E-state index in [1.54, 1.807) is 0 Å². The number of carbonyl (C=O) groups is 3. The molecule has 1 aliphatic heterocycles. The van der Waals surface area contributed by atoms with Gasteiger partial charge in [0.25, 0.3) is 0 Å². The van der Waals surface area contributed by atoms with Gasteiger partial charge in [0.1, 0.15) is 5.82 Å². The number of rotatable bonds is 3. The van der Waals surface area contributed by atoms with E-state index in [1.165, 1.54) is 0 Å². The van der Waals surface area contributed by atoms with Gasteiger partial charge in [-0.15, -0.1) is 0 Å². The van der Waals surface area contributed by atoms with Crippen LogP contribution in [0.25, 0.3) is 0 Å². The fourth-order valence-corrected chi connectivity index (χ4v) is 2.00. The lowest BCUT2D eigenvalue weighted by Crippen LogP contribution is -2.40. The van der Waals surface area contributed by atoms with Crippen molar-refractivity contribution in [1.82, 2.24) is 5.32 Å². The van der Waals surface area contributed by atoms with Crippen molar-refractivity contribution in [2.75, 3.05) is 11.9 Å². The van der Waals surface area contributed by atoms with Crippen LogP contribution in [0.1, 0.15) is 23.2 Å². The van der Waals surface area contributed by atoms with Gasteiger partial charge in [0, 0.05) is 13.0 Å². The van der Waals surface area contributed by atoms with Crippen LogP contribution in [0.5, 0.6) is 0 Å². The quantitative estimate of drug-likeness (QED) is 0.769. The molecule has 20 heavy (non-hydrogen) atoms. The number of carboxylic acid groups (broad SMARTS) is 1. The fraction of sp³-hybridized carbons (Fsp3) is 0.308. The molecule has 1 unspecified atom stereocenters. The molecular formula is C13H13FN2O4. The number of halogens is 1. The average molecular weight is 280 g/mol. The maximum Gasteiger partial charge on any atom is 0.337 e. The number of carboxylic acids is 1. The molecular weight excluding hydrogens is 267 g/mol. The number of aromatic carboxylic acids is 1. The first kappa shape index (κ1) is 14.0. The lowest BCUT2D eigenvalue weighted by Gasteiger charge is -2.22. The minimum Gasteiger partial charge on any atom is -0.478 e. The Hall–Kier alpha value is -2.44. The molecule has 6 nitrogen and oxygen atoms in total. The molecule has 106 valence electrons. The first-order valence-corrected chi connectivity index (χ1v) is 6.08. The number of piperidine rings is 1. The van der Waals surface area contributed by atoms with E-state index < -0.39 is 23.6 Å². The minimum absolute atomic E-state index is 0.0839. The Morgan fingerprint density at radius 2 is 2.15 bits per heavy atom. The van der Waals surface area contributed by atoms with Crippen LogP contribution in [0, 0.1) is 11.7 Å². The molecule has 2 rings (SSSR count). The molecule has 0 saturated carbocycles. The summed E-state index contributed by atoms with van der Waals surface area (Å²) in [6, 6.07) is 3.07. The molecule has 0 aliphatic carbocycles. The summed E-state index contributed by atoms with van der Waals surface area (Å²) in [5.41, 5.74) is -0.265. The van der Waals surface area contributed by atoms with Crippen LogP contribution in [0.4, 0.5) is 10.1 Å². The highest BCUT2D eigenvalue weighted by Crippen LogP contribution is 2.20. The van der Waals surface area contributed by atoms with Crippen LogP contribution >= 0.6 is 0 Å². The van der Waals surface area contributed by atoms with E-state index >= 15 is 0 Å². The Bertz CT molecular complexity index is 563. The Morgan fingerprint density at radius 3 is 2.75 bits per heavy atom. The zero-order valence-corrected chi connectivity index (χ0v) is 10.5. The smallest absolute Gasteiger partial charge is 0.337 e. The van der Waals surface area contributed by atoms with Crippen molar-refractivity contribution in [3.8, 4) is 0 Å². The zero-order valence-electron chi connectivity index (χ0n) is 10.5. The van der Waals surface area contributed by atoms with Crippen LogP contribution in [0.2, 0.25) is 0 Å². The number of anilines is 1. The van der Waals surface area contributed by atoms with Gasteiger partial charge in [-0.05, 0) is 24.6 Å². The Morgan fingerprint density at radius 1 is 1.40 bits per heavy atom. The number of nitrogens with one attached hydrogen (secondary N) is 2. The van der Waals surface area contributed by atoms with Crippen LogP contribution in [-0.4, -0.2) is 29.4 Å². The van der Waals surface area contributed by atoms with Crippen molar-refractivity contribution in [3.05, 3.63) is 29.6 Å². The largest absolute Gasteiger partial charge is 0.478 e. The Labute approximate surface area is 114 Å². The maximum absolute atomic E-state index is 13.2. The van der Waals surface area contributed by atoms with Gasteiger partial charge in [-0.25, -0.2) is 9.18 Å². The summed E-state index contributed by atoms with van der Waals surface area (Å²) in [6.07, 6.45) is 0.627. The molecule has 0 aromatic heterocycles. The average Bonchev–Trinajstić information content (AvgIpc) is 2.39. The molecule has 1 saturated heterocycles.